The first-order valence-corrected chi connectivity index (χ1v) is 12.0. The van der Waals surface area contributed by atoms with Gasteiger partial charge in [0, 0.05) is 43.5 Å². The van der Waals surface area contributed by atoms with Crippen molar-refractivity contribution in [3.63, 3.8) is 0 Å². The molecule has 2 aliphatic rings. The second kappa shape index (κ2) is 9.07. The Morgan fingerprint density at radius 1 is 0.935 bits per heavy atom. The van der Waals surface area contributed by atoms with Crippen molar-refractivity contribution in [2.75, 3.05) is 31.5 Å². The Morgan fingerprint density at radius 2 is 1.65 bits per heavy atom. The first-order chi connectivity index (χ1) is 14.9. The van der Waals surface area contributed by atoms with Gasteiger partial charge in [-0.25, -0.2) is 13.2 Å². The van der Waals surface area contributed by atoms with Gasteiger partial charge in [0.1, 0.15) is 0 Å². The van der Waals surface area contributed by atoms with Crippen LogP contribution in [0.1, 0.15) is 28.8 Å². The molecule has 2 aromatic carbocycles. The molecule has 1 saturated carbocycles. The normalized spacial score (nSPS) is 17.2. The molecule has 1 aliphatic carbocycles. The highest BCUT2D eigenvalue weighted by molar-refractivity contribution is 7.88. The molecule has 0 spiro atoms. The predicted octanol–water partition coefficient (Wildman–Crippen LogP) is 2.26. The number of sulfonamides is 1. The van der Waals surface area contributed by atoms with Gasteiger partial charge < -0.3 is 15.5 Å². The van der Waals surface area contributed by atoms with Crippen LogP contribution in [0, 0.1) is 0 Å². The summed E-state index contributed by atoms with van der Waals surface area (Å²) >= 11 is 0. The number of carbonyl (C=O) groups excluding carboxylic acids is 2. The Labute approximate surface area is 182 Å². The third-order valence-electron chi connectivity index (χ3n) is 5.39. The minimum atomic E-state index is -3.43. The molecule has 0 aromatic heterocycles. The number of nitrogens with one attached hydrogen (secondary N) is 2. The quantitative estimate of drug-likeness (QED) is 0.717. The molecule has 3 amide bonds. The fourth-order valence-electron chi connectivity index (χ4n) is 3.54. The highest BCUT2D eigenvalue weighted by Gasteiger charge is 2.29. The number of hydrogen-bond donors (Lipinski definition) is 2. The molecular weight excluding hydrogens is 416 g/mol. The first-order valence-electron chi connectivity index (χ1n) is 10.4. The van der Waals surface area contributed by atoms with E-state index in [4.69, 9.17) is 0 Å². The third kappa shape index (κ3) is 5.62. The summed E-state index contributed by atoms with van der Waals surface area (Å²) in [5.74, 6) is -0.218. The van der Waals surface area contributed by atoms with Crippen LogP contribution in [0.5, 0.6) is 0 Å². The first kappa shape index (κ1) is 21.3. The van der Waals surface area contributed by atoms with Gasteiger partial charge >= 0.3 is 6.03 Å². The Morgan fingerprint density at radius 3 is 2.32 bits per heavy atom. The van der Waals surface area contributed by atoms with E-state index in [1.807, 2.05) is 18.2 Å². The second-order valence-corrected chi connectivity index (χ2v) is 9.86. The summed E-state index contributed by atoms with van der Waals surface area (Å²) in [5, 5.41) is 5.60. The van der Waals surface area contributed by atoms with E-state index in [-0.39, 0.29) is 36.8 Å². The van der Waals surface area contributed by atoms with E-state index >= 15 is 0 Å². The lowest BCUT2D eigenvalue weighted by molar-refractivity contribution is 0.0698. The zero-order chi connectivity index (χ0) is 21.8. The van der Waals surface area contributed by atoms with E-state index in [9.17, 15) is 18.0 Å². The van der Waals surface area contributed by atoms with Crippen molar-refractivity contribution in [3.05, 3.63) is 65.7 Å². The topological polar surface area (TPSA) is 98.8 Å². The molecule has 1 aliphatic heterocycles. The molecule has 164 valence electrons. The number of hydrogen-bond acceptors (Lipinski definition) is 4. The number of benzene rings is 2. The van der Waals surface area contributed by atoms with E-state index in [1.54, 1.807) is 41.3 Å². The Balaban J connectivity index is 1.33. The average Bonchev–Trinajstić information content (AvgIpc) is 3.58. The number of anilines is 1. The lowest BCUT2D eigenvalue weighted by atomic mass is 10.1. The highest BCUT2D eigenvalue weighted by atomic mass is 32.2. The van der Waals surface area contributed by atoms with Crippen molar-refractivity contribution < 1.29 is 18.0 Å². The van der Waals surface area contributed by atoms with Crippen LogP contribution >= 0.6 is 0 Å². The maximum absolute atomic E-state index is 12.9. The minimum Gasteiger partial charge on any atom is -0.336 e. The Hall–Kier alpha value is -2.91. The van der Waals surface area contributed by atoms with Gasteiger partial charge in [-0.1, -0.05) is 36.4 Å². The molecule has 0 atom stereocenters. The SMILES string of the molecule is O=C(Nc1cccc(C(=O)N2CCN(S(=O)(=O)Cc3ccccc3)CC2)c1)NC1CC1. The van der Waals surface area contributed by atoms with Gasteiger partial charge in [0.25, 0.3) is 5.91 Å². The smallest absolute Gasteiger partial charge is 0.319 e. The maximum atomic E-state index is 12.9. The summed E-state index contributed by atoms with van der Waals surface area (Å²) in [6.45, 7) is 1.19. The molecule has 0 bridgehead atoms. The van der Waals surface area contributed by atoms with E-state index in [0.717, 1.165) is 18.4 Å². The molecule has 0 unspecified atom stereocenters. The maximum Gasteiger partial charge on any atom is 0.319 e. The van der Waals surface area contributed by atoms with Gasteiger partial charge in [0.2, 0.25) is 10.0 Å². The van der Waals surface area contributed by atoms with E-state index in [1.165, 1.54) is 4.31 Å². The molecule has 4 rings (SSSR count). The fraction of sp³-hybridized carbons (Fsp3) is 0.364. The molecular formula is C22H26N4O4S. The zero-order valence-corrected chi connectivity index (χ0v) is 18.0. The van der Waals surface area contributed by atoms with Gasteiger partial charge in [-0.2, -0.15) is 4.31 Å². The monoisotopic (exact) mass is 442 g/mol. The Kier molecular flexibility index (Phi) is 6.24. The molecule has 1 heterocycles. The van der Waals surface area contributed by atoms with Crippen molar-refractivity contribution in [1.29, 1.82) is 0 Å². The van der Waals surface area contributed by atoms with Crippen LogP contribution in [0.4, 0.5) is 10.5 Å². The number of amides is 3. The summed E-state index contributed by atoms with van der Waals surface area (Å²) in [7, 11) is -3.43. The zero-order valence-electron chi connectivity index (χ0n) is 17.2. The van der Waals surface area contributed by atoms with Crippen molar-refractivity contribution >= 4 is 27.6 Å². The van der Waals surface area contributed by atoms with Crippen LogP contribution in [-0.4, -0.2) is 61.8 Å². The minimum absolute atomic E-state index is 0.0432. The molecule has 8 nitrogen and oxygen atoms in total. The van der Waals surface area contributed by atoms with Crippen molar-refractivity contribution in [2.45, 2.75) is 24.6 Å². The fourth-order valence-corrected chi connectivity index (χ4v) is 5.05. The van der Waals surface area contributed by atoms with Gasteiger partial charge in [-0.15, -0.1) is 0 Å². The van der Waals surface area contributed by atoms with Gasteiger partial charge in [-0.3, -0.25) is 4.79 Å². The van der Waals surface area contributed by atoms with Crippen molar-refractivity contribution in [3.8, 4) is 0 Å². The Bertz CT molecular complexity index is 1050. The summed E-state index contributed by atoms with van der Waals surface area (Å²) in [6.07, 6.45) is 2.00. The van der Waals surface area contributed by atoms with Crippen molar-refractivity contribution in [1.82, 2.24) is 14.5 Å². The second-order valence-electron chi connectivity index (χ2n) is 7.89. The van der Waals surface area contributed by atoms with Crippen LogP contribution in [0.15, 0.2) is 54.6 Å². The molecule has 9 heteroatoms. The van der Waals surface area contributed by atoms with Gasteiger partial charge in [-0.05, 0) is 36.6 Å². The van der Waals surface area contributed by atoms with E-state index < -0.39 is 10.0 Å². The largest absolute Gasteiger partial charge is 0.336 e. The van der Waals surface area contributed by atoms with Gasteiger partial charge in [0.15, 0.2) is 0 Å². The number of urea groups is 1. The standard InChI is InChI=1S/C22H26N4O4S/c27-21(18-7-4-8-20(15-18)24-22(28)23-19-9-10-19)25-11-13-26(14-12-25)31(29,30)16-17-5-2-1-3-6-17/h1-8,15,19H,9-14,16H2,(H2,23,24,28). The van der Waals surface area contributed by atoms with Crippen LogP contribution in [0.25, 0.3) is 0 Å². The van der Waals surface area contributed by atoms with Crippen LogP contribution in [0.3, 0.4) is 0 Å². The lowest BCUT2D eigenvalue weighted by Crippen LogP contribution is -2.50. The van der Waals surface area contributed by atoms with E-state index in [0.29, 0.717) is 24.3 Å². The van der Waals surface area contributed by atoms with Gasteiger partial charge in [0.05, 0.1) is 5.75 Å². The highest BCUT2D eigenvalue weighted by Crippen LogP contribution is 2.20. The van der Waals surface area contributed by atoms with Crippen LogP contribution < -0.4 is 10.6 Å². The molecule has 2 N–H and O–H groups in total. The van der Waals surface area contributed by atoms with Crippen LogP contribution in [0.2, 0.25) is 0 Å². The van der Waals surface area contributed by atoms with E-state index in [2.05, 4.69) is 10.6 Å². The number of piperazine rings is 1. The number of rotatable bonds is 6. The van der Waals surface area contributed by atoms with Crippen molar-refractivity contribution in [2.24, 2.45) is 0 Å². The molecule has 1 saturated heterocycles. The molecule has 2 aromatic rings. The number of nitrogens with zero attached hydrogens (tertiary/aromatic N) is 2. The van der Waals surface area contributed by atoms with Crippen LogP contribution in [-0.2, 0) is 15.8 Å². The lowest BCUT2D eigenvalue weighted by Gasteiger charge is -2.34. The summed E-state index contributed by atoms with van der Waals surface area (Å²) in [4.78, 5) is 26.5. The summed E-state index contributed by atoms with van der Waals surface area (Å²) in [6, 6.07) is 15.9. The third-order valence-corrected chi connectivity index (χ3v) is 7.24. The summed E-state index contributed by atoms with van der Waals surface area (Å²) in [5.41, 5.74) is 1.76. The predicted molar refractivity (Wildman–Crippen MR) is 118 cm³/mol. The average molecular weight is 443 g/mol. The molecule has 2 fully saturated rings. The molecule has 31 heavy (non-hydrogen) atoms. The number of carbonyl (C=O) groups is 2. The molecule has 0 radical (unpaired) electrons. The summed E-state index contributed by atoms with van der Waals surface area (Å²) < 4.78 is 26.9.